The second-order valence-electron chi connectivity index (χ2n) is 8.95. The summed E-state index contributed by atoms with van der Waals surface area (Å²) in [5, 5.41) is 14.7. The molecule has 0 spiro atoms. The zero-order valence-corrected chi connectivity index (χ0v) is 17.9. The molecule has 6 heteroatoms. The van der Waals surface area contributed by atoms with Gasteiger partial charge in [0.2, 0.25) is 0 Å². The highest BCUT2D eigenvalue weighted by molar-refractivity contribution is 6.30. The van der Waals surface area contributed by atoms with Gasteiger partial charge in [0, 0.05) is 41.1 Å². The monoisotopic (exact) mass is 425 g/mol. The van der Waals surface area contributed by atoms with E-state index in [-0.39, 0.29) is 18.4 Å². The van der Waals surface area contributed by atoms with Crippen LogP contribution in [0.5, 0.6) is 0 Å². The second kappa shape index (κ2) is 6.12. The van der Waals surface area contributed by atoms with Gasteiger partial charge in [0.05, 0.1) is 27.6 Å². The van der Waals surface area contributed by atoms with E-state index in [2.05, 4.69) is 69.9 Å². The fourth-order valence-corrected chi connectivity index (χ4v) is 6.34. The van der Waals surface area contributed by atoms with Crippen LogP contribution < -0.4 is 5.32 Å². The number of nitrogens with zero attached hydrogens (tertiary/aromatic N) is 2. The van der Waals surface area contributed by atoms with Crippen molar-refractivity contribution in [2.75, 3.05) is 7.11 Å². The van der Waals surface area contributed by atoms with Crippen molar-refractivity contribution in [1.29, 1.82) is 0 Å². The van der Waals surface area contributed by atoms with Crippen molar-refractivity contribution >= 4 is 49.5 Å². The third-order valence-electron chi connectivity index (χ3n) is 7.45. The molecule has 1 fully saturated rings. The van der Waals surface area contributed by atoms with Crippen LogP contribution in [0.4, 0.5) is 0 Å². The molecule has 6 nitrogen and oxygen atoms in total. The summed E-state index contributed by atoms with van der Waals surface area (Å²) in [6, 6.07) is 17.0. The number of amides is 1. The van der Waals surface area contributed by atoms with Crippen LogP contribution in [0.3, 0.4) is 0 Å². The van der Waals surface area contributed by atoms with Crippen LogP contribution in [-0.4, -0.2) is 27.3 Å². The molecule has 2 N–H and O–H groups in total. The Hall–Kier alpha value is -3.35. The van der Waals surface area contributed by atoms with E-state index in [1.807, 2.05) is 0 Å². The van der Waals surface area contributed by atoms with Crippen LogP contribution >= 0.6 is 0 Å². The van der Waals surface area contributed by atoms with Gasteiger partial charge < -0.3 is 24.3 Å². The van der Waals surface area contributed by atoms with E-state index in [4.69, 9.17) is 9.84 Å². The van der Waals surface area contributed by atoms with Crippen molar-refractivity contribution in [3.05, 3.63) is 59.7 Å². The van der Waals surface area contributed by atoms with Crippen LogP contribution in [-0.2, 0) is 11.3 Å². The fourth-order valence-electron chi connectivity index (χ4n) is 6.34. The lowest BCUT2D eigenvalue weighted by Gasteiger charge is -2.19. The number of para-hydroxylation sites is 2. The van der Waals surface area contributed by atoms with E-state index >= 15 is 0 Å². The van der Waals surface area contributed by atoms with Crippen LogP contribution in [0.1, 0.15) is 41.7 Å². The number of nitrogens with one attached hydrogen (secondary N) is 1. The van der Waals surface area contributed by atoms with Crippen LogP contribution in [0, 0.1) is 5.92 Å². The lowest BCUT2D eigenvalue weighted by atomic mass is 9.96. The van der Waals surface area contributed by atoms with Gasteiger partial charge in [-0.15, -0.1) is 0 Å². The van der Waals surface area contributed by atoms with E-state index in [9.17, 15) is 4.79 Å². The number of hydrogen-bond acceptors (Lipinski definition) is 3. The van der Waals surface area contributed by atoms with Gasteiger partial charge >= 0.3 is 0 Å². The predicted molar refractivity (Wildman–Crippen MR) is 125 cm³/mol. The summed E-state index contributed by atoms with van der Waals surface area (Å²) in [5.74, 6) is 0.446. The number of fused-ring (bicyclic) bond motifs is 13. The molecule has 8 rings (SSSR count). The molecule has 5 heterocycles. The maximum Gasteiger partial charge on any atom is 0.252 e. The van der Waals surface area contributed by atoms with E-state index in [0.717, 1.165) is 46.5 Å². The number of rotatable bonds is 0. The Bertz CT molecular complexity index is 1610. The quantitative estimate of drug-likeness (QED) is 0.374. The third-order valence-corrected chi connectivity index (χ3v) is 7.45. The van der Waals surface area contributed by atoms with Gasteiger partial charge in [0.15, 0.2) is 0 Å². The zero-order chi connectivity index (χ0) is 21.7. The highest BCUT2D eigenvalue weighted by Crippen LogP contribution is 2.53. The van der Waals surface area contributed by atoms with Crippen molar-refractivity contribution in [3.8, 4) is 0 Å². The lowest BCUT2D eigenvalue weighted by molar-refractivity contribution is -0.0316. The number of ether oxygens (including phenoxy) is 1. The second-order valence-corrected chi connectivity index (χ2v) is 8.95. The summed E-state index contributed by atoms with van der Waals surface area (Å²) >= 11 is 0. The third kappa shape index (κ3) is 1.92. The number of carbonyl (C=O) groups excluding carboxylic acids is 1. The normalized spacial score (nSPS) is 23.1. The maximum absolute atomic E-state index is 13.1. The zero-order valence-electron chi connectivity index (χ0n) is 17.9. The average molecular weight is 425 g/mol. The van der Waals surface area contributed by atoms with Gasteiger partial charge in [0.25, 0.3) is 5.91 Å². The lowest BCUT2D eigenvalue weighted by Crippen LogP contribution is -2.13. The summed E-state index contributed by atoms with van der Waals surface area (Å²) in [4.78, 5) is 13.1. The Morgan fingerprint density at radius 3 is 2.31 bits per heavy atom. The van der Waals surface area contributed by atoms with Crippen molar-refractivity contribution in [2.45, 2.75) is 32.3 Å². The topological polar surface area (TPSA) is 68.4 Å². The molecule has 3 unspecified atom stereocenters. The first-order chi connectivity index (χ1) is 15.7. The summed E-state index contributed by atoms with van der Waals surface area (Å²) in [7, 11) is 1.00. The molecule has 3 aliphatic rings. The van der Waals surface area contributed by atoms with Gasteiger partial charge in [0.1, 0.15) is 12.5 Å². The number of aromatic nitrogens is 2. The molecule has 2 bridgehead atoms. The van der Waals surface area contributed by atoms with E-state index < -0.39 is 0 Å². The van der Waals surface area contributed by atoms with E-state index in [1.165, 1.54) is 21.8 Å². The summed E-state index contributed by atoms with van der Waals surface area (Å²) in [6.07, 6.45) is 0.953. The molecule has 0 radical (unpaired) electrons. The molecule has 0 saturated carbocycles. The minimum absolute atomic E-state index is 0.00220. The molecular formula is C26H23N3O3. The number of aliphatic hydroxyl groups excluding tert-OH is 1. The Morgan fingerprint density at radius 1 is 0.938 bits per heavy atom. The minimum Gasteiger partial charge on any atom is -0.400 e. The Balaban J connectivity index is 0.000000880. The first-order valence-corrected chi connectivity index (χ1v) is 11.1. The first-order valence-electron chi connectivity index (χ1n) is 11.1. The number of benzene rings is 3. The summed E-state index contributed by atoms with van der Waals surface area (Å²) < 4.78 is 11.5. The molecule has 32 heavy (non-hydrogen) atoms. The smallest absolute Gasteiger partial charge is 0.252 e. The van der Waals surface area contributed by atoms with Crippen molar-refractivity contribution in [2.24, 2.45) is 5.92 Å². The minimum atomic E-state index is -0.0169. The Labute approximate surface area is 184 Å². The van der Waals surface area contributed by atoms with E-state index in [1.54, 1.807) is 0 Å². The molecule has 3 atom stereocenters. The Kier molecular flexibility index (Phi) is 3.49. The average Bonchev–Trinajstić information content (AvgIpc) is 3.53. The van der Waals surface area contributed by atoms with Crippen LogP contribution in [0.2, 0.25) is 0 Å². The van der Waals surface area contributed by atoms with Gasteiger partial charge in [-0.05, 0) is 24.1 Å². The fraction of sp³-hybridized carbons (Fsp3) is 0.269. The summed E-state index contributed by atoms with van der Waals surface area (Å²) in [5.41, 5.74) is 6.69. The molecule has 3 aliphatic heterocycles. The Morgan fingerprint density at radius 2 is 1.56 bits per heavy atom. The standard InChI is InChI=1S/C25H19N3O2.CH4O/c1-12-10-18-27-16-8-4-3-7-14(16)20-21-15(11-26-24(21)29)19-13-6-2-5-9-17(13)28(25(12)30-18)22(19)23(20)27;1-2/h2-9,12,18,25H,10-11H2,1H3,(H,26,29);2H,1H3. The molecule has 1 amide bonds. The first kappa shape index (κ1) is 18.2. The van der Waals surface area contributed by atoms with Crippen molar-refractivity contribution < 1.29 is 14.6 Å². The molecule has 5 aromatic rings. The molecule has 1 saturated heterocycles. The van der Waals surface area contributed by atoms with Gasteiger partial charge in [-0.1, -0.05) is 43.3 Å². The van der Waals surface area contributed by atoms with Gasteiger partial charge in [-0.3, -0.25) is 4.79 Å². The molecule has 0 aliphatic carbocycles. The summed E-state index contributed by atoms with van der Waals surface area (Å²) in [6.45, 7) is 2.87. The SMILES string of the molecule is CC1CC2OC1n1c3ccccc3c3c4c(c5c6ccccc6n2c5c31)C(=O)NC4.CO. The molecule has 2 aromatic heterocycles. The van der Waals surface area contributed by atoms with Gasteiger partial charge in [-0.2, -0.15) is 0 Å². The largest absolute Gasteiger partial charge is 0.400 e. The molecule has 3 aromatic carbocycles. The highest BCUT2D eigenvalue weighted by atomic mass is 16.5. The number of aliphatic hydroxyl groups is 1. The van der Waals surface area contributed by atoms with Crippen molar-refractivity contribution in [1.82, 2.24) is 14.5 Å². The molecule has 160 valence electrons. The number of hydrogen-bond donors (Lipinski definition) is 2. The highest BCUT2D eigenvalue weighted by Gasteiger charge is 2.42. The predicted octanol–water partition coefficient (Wildman–Crippen LogP) is 4.82. The van der Waals surface area contributed by atoms with Gasteiger partial charge in [-0.25, -0.2) is 0 Å². The van der Waals surface area contributed by atoms with Crippen LogP contribution in [0.15, 0.2) is 48.5 Å². The maximum atomic E-state index is 13.1. The van der Waals surface area contributed by atoms with Crippen molar-refractivity contribution in [3.63, 3.8) is 0 Å². The van der Waals surface area contributed by atoms with E-state index in [0.29, 0.717) is 12.5 Å². The molecular weight excluding hydrogens is 402 g/mol. The number of carbonyl (C=O) groups is 1. The van der Waals surface area contributed by atoms with Crippen LogP contribution in [0.25, 0.3) is 43.6 Å².